The Kier molecular flexibility index (Phi) is 2.74. The topological polar surface area (TPSA) is 0 Å². The van der Waals surface area contributed by atoms with Gasteiger partial charge in [0.15, 0.2) is 0 Å². The Labute approximate surface area is 89.5 Å². The van der Waals surface area contributed by atoms with Crippen LogP contribution in [0.25, 0.3) is 10.8 Å². The third kappa shape index (κ3) is 2.08. The largest absolute Gasteiger partial charge is 0.123 e. The molecule has 1 heteroatoms. The Morgan fingerprint density at radius 1 is 1.07 bits per heavy atom. The van der Waals surface area contributed by atoms with Gasteiger partial charge in [0.05, 0.1) is 0 Å². The van der Waals surface area contributed by atoms with Crippen LogP contribution in [0.15, 0.2) is 42.5 Å². The zero-order chi connectivity index (χ0) is 9.97. The second-order valence-corrected chi connectivity index (χ2v) is 4.41. The maximum atomic E-state index is 5.96. The monoisotopic (exact) mass is 204 g/mol. The van der Waals surface area contributed by atoms with Crippen LogP contribution in [-0.4, -0.2) is 5.38 Å². The van der Waals surface area contributed by atoms with Crippen molar-refractivity contribution >= 4 is 22.4 Å². The fourth-order valence-corrected chi connectivity index (χ4v) is 1.87. The van der Waals surface area contributed by atoms with Crippen LogP contribution in [0.4, 0.5) is 0 Å². The molecule has 0 aromatic heterocycles. The summed E-state index contributed by atoms with van der Waals surface area (Å²) in [7, 11) is 0. The lowest BCUT2D eigenvalue weighted by molar-refractivity contribution is 0.933. The van der Waals surface area contributed by atoms with E-state index in [0.717, 1.165) is 6.42 Å². The van der Waals surface area contributed by atoms with Gasteiger partial charge in [-0.25, -0.2) is 0 Å². The lowest BCUT2D eigenvalue weighted by atomic mass is 10.0. The summed E-state index contributed by atoms with van der Waals surface area (Å²) in [5, 5.41) is 2.79. The number of fused-ring (bicyclic) bond motifs is 1. The van der Waals surface area contributed by atoms with Crippen molar-refractivity contribution in [3.8, 4) is 0 Å². The van der Waals surface area contributed by atoms with Crippen molar-refractivity contribution in [2.75, 3.05) is 0 Å². The minimum Gasteiger partial charge on any atom is -0.123 e. The first-order chi connectivity index (χ1) is 6.75. The highest BCUT2D eigenvalue weighted by Gasteiger charge is 2.00. The highest BCUT2D eigenvalue weighted by Crippen LogP contribution is 2.17. The average Bonchev–Trinajstić information content (AvgIpc) is 2.17. The summed E-state index contributed by atoms with van der Waals surface area (Å²) in [6.07, 6.45) is 0.937. The summed E-state index contributed by atoms with van der Waals surface area (Å²) in [5.74, 6) is 0. The van der Waals surface area contributed by atoms with Gasteiger partial charge in [0.25, 0.3) is 0 Å². The Hall–Kier alpha value is -1.01. The van der Waals surface area contributed by atoms with Crippen LogP contribution in [0.1, 0.15) is 12.5 Å². The molecule has 0 amide bonds. The Bertz CT molecular complexity index is 432. The highest BCUT2D eigenvalue weighted by atomic mass is 35.5. The lowest BCUT2D eigenvalue weighted by Crippen LogP contribution is -1.96. The van der Waals surface area contributed by atoms with E-state index in [1.54, 1.807) is 0 Å². The van der Waals surface area contributed by atoms with Crippen molar-refractivity contribution in [3.63, 3.8) is 0 Å². The lowest BCUT2D eigenvalue weighted by Gasteiger charge is -2.04. The number of hydrogen-bond acceptors (Lipinski definition) is 0. The molecule has 2 aromatic rings. The predicted molar refractivity (Wildman–Crippen MR) is 63.0 cm³/mol. The molecule has 0 fully saturated rings. The van der Waals surface area contributed by atoms with Crippen molar-refractivity contribution in [2.45, 2.75) is 18.7 Å². The quantitative estimate of drug-likeness (QED) is 0.649. The van der Waals surface area contributed by atoms with Gasteiger partial charge in [-0.15, -0.1) is 11.6 Å². The molecule has 2 aromatic carbocycles. The van der Waals surface area contributed by atoms with Gasteiger partial charge >= 0.3 is 0 Å². The van der Waals surface area contributed by atoms with Crippen molar-refractivity contribution < 1.29 is 0 Å². The van der Waals surface area contributed by atoms with Crippen LogP contribution < -0.4 is 0 Å². The molecule has 1 atom stereocenters. The maximum absolute atomic E-state index is 5.96. The molecule has 0 nitrogen and oxygen atoms in total. The van der Waals surface area contributed by atoms with Crippen molar-refractivity contribution in [1.29, 1.82) is 0 Å². The van der Waals surface area contributed by atoms with E-state index in [2.05, 4.69) is 42.5 Å². The van der Waals surface area contributed by atoms with Crippen molar-refractivity contribution in [2.24, 2.45) is 0 Å². The zero-order valence-corrected chi connectivity index (χ0v) is 8.96. The van der Waals surface area contributed by atoms with E-state index in [1.807, 2.05) is 6.92 Å². The summed E-state index contributed by atoms with van der Waals surface area (Å²) < 4.78 is 0. The summed E-state index contributed by atoms with van der Waals surface area (Å²) in [6.45, 7) is 2.02. The third-order valence-corrected chi connectivity index (χ3v) is 2.49. The second-order valence-electron chi connectivity index (χ2n) is 3.67. The van der Waals surface area contributed by atoms with Crippen molar-refractivity contribution in [3.05, 3.63) is 48.0 Å². The molecule has 0 aliphatic carbocycles. The molecule has 0 radical (unpaired) electrons. The highest BCUT2D eigenvalue weighted by molar-refractivity contribution is 6.20. The van der Waals surface area contributed by atoms with E-state index in [4.69, 9.17) is 11.6 Å². The Morgan fingerprint density at radius 3 is 2.50 bits per heavy atom. The summed E-state index contributed by atoms with van der Waals surface area (Å²) >= 11 is 5.96. The molecule has 0 heterocycles. The average molecular weight is 205 g/mol. The Morgan fingerprint density at radius 2 is 1.79 bits per heavy atom. The molecule has 0 aliphatic rings. The van der Waals surface area contributed by atoms with Gasteiger partial charge in [0.2, 0.25) is 0 Å². The van der Waals surface area contributed by atoms with E-state index >= 15 is 0 Å². The van der Waals surface area contributed by atoms with Gasteiger partial charge in [-0.05, 0) is 29.7 Å². The van der Waals surface area contributed by atoms with Gasteiger partial charge in [-0.3, -0.25) is 0 Å². The predicted octanol–water partition coefficient (Wildman–Crippen LogP) is 4.01. The zero-order valence-electron chi connectivity index (χ0n) is 8.20. The van der Waals surface area contributed by atoms with Crippen LogP contribution in [0, 0.1) is 0 Å². The summed E-state index contributed by atoms with van der Waals surface area (Å²) in [4.78, 5) is 0. The fourth-order valence-electron chi connectivity index (χ4n) is 1.69. The summed E-state index contributed by atoms with van der Waals surface area (Å²) in [5.41, 5.74) is 1.31. The molecule has 2 rings (SSSR count). The molecule has 72 valence electrons. The number of alkyl halides is 1. The summed E-state index contributed by atoms with van der Waals surface area (Å²) in [6, 6.07) is 14.9. The number of benzene rings is 2. The molecule has 0 saturated heterocycles. The van der Waals surface area contributed by atoms with E-state index in [9.17, 15) is 0 Å². The third-order valence-electron chi connectivity index (χ3n) is 2.33. The van der Waals surface area contributed by atoms with Gasteiger partial charge in [-0.1, -0.05) is 42.5 Å². The molecule has 14 heavy (non-hydrogen) atoms. The number of rotatable bonds is 2. The first-order valence-corrected chi connectivity index (χ1v) is 5.31. The molecule has 0 spiro atoms. The number of hydrogen-bond donors (Lipinski definition) is 0. The van der Waals surface area contributed by atoms with Crippen LogP contribution in [-0.2, 0) is 6.42 Å². The smallest absolute Gasteiger partial charge is 0.0348 e. The molecule has 1 unspecified atom stereocenters. The first kappa shape index (κ1) is 9.54. The molecular formula is C13H13Cl. The molecule has 0 saturated carbocycles. The van der Waals surface area contributed by atoms with E-state index in [0.29, 0.717) is 0 Å². The first-order valence-electron chi connectivity index (χ1n) is 4.87. The fraction of sp³-hybridized carbons (Fsp3) is 0.231. The number of halogens is 1. The molecule has 0 N–H and O–H groups in total. The van der Waals surface area contributed by atoms with E-state index in [1.165, 1.54) is 16.3 Å². The van der Waals surface area contributed by atoms with Gasteiger partial charge in [-0.2, -0.15) is 0 Å². The molecule has 0 bridgehead atoms. The van der Waals surface area contributed by atoms with Crippen LogP contribution in [0.3, 0.4) is 0 Å². The molecular weight excluding hydrogens is 192 g/mol. The van der Waals surface area contributed by atoms with Gasteiger partial charge in [0, 0.05) is 5.38 Å². The minimum atomic E-state index is 0.205. The van der Waals surface area contributed by atoms with E-state index in [-0.39, 0.29) is 5.38 Å². The van der Waals surface area contributed by atoms with Crippen molar-refractivity contribution in [1.82, 2.24) is 0 Å². The van der Waals surface area contributed by atoms with Gasteiger partial charge in [0.1, 0.15) is 0 Å². The normalized spacial score (nSPS) is 13.0. The Balaban J connectivity index is 2.41. The van der Waals surface area contributed by atoms with Crippen LogP contribution in [0.5, 0.6) is 0 Å². The molecule has 0 aliphatic heterocycles. The SMILES string of the molecule is CC(Cl)Cc1ccc2ccccc2c1. The van der Waals surface area contributed by atoms with Gasteiger partial charge < -0.3 is 0 Å². The second kappa shape index (κ2) is 4.02. The van der Waals surface area contributed by atoms with Crippen LogP contribution >= 0.6 is 11.6 Å². The maximum Gasteiger partial charge on any atom is 0.0348 e. The standard InChI is InChI=1S/C13H13Cl/c1-10(14)8-11-6-7-12-4-2-3-5-13(12)9-11/h2-7,9-10H,8H2,1H3. The van der Waals surface area contributed by atoms with E-state index < -0.39 is 0 Å². The minimum absolute atomic E-state index is 0.205. The van der Waals surface area contributed by atoms with Crippen LogP contribution in [0.2, 0.25) is 0 Å².